The summed E-state index contributed by atoms with van der Waals surface area (Å²) in [5, 5.41) is 0. The Bertz CT molecular complexity index is 370. The van der Waals surface area contributed by atoms with Crippen molar-refractivity contribution in [1.82, 2.24) is 4.90 Å². The standard InChI is InChI=1S/C14H22N2S/c1-12-3-4-14(13(2)11-12)16-7-5-15(6-8-16)9-10-17/h3-4,11,17H,5-10H2,1-2H3. The lowest BCUT2D eigenvalue weighted by molar-refractivity contribution is 0.273. The van der Waals surface area contributed by atoms with Crippen LogP contribution in [0.5, 0.6) is 0 Å². The number of nitrogens with zero attached hydrogens (tertiary/aromatic N) is 2. The largest absolute Gasteiger partial charge is 0.369 e. The Morgan fingerprint density at radius 2 is 1.82 bits per heavy atom. The number of anilines is 1. The third kappa shape index (κ3) is 3.17. The van der Waals surface area contributed by atoms with Crippen LogP contribution in [0.15, 0.2) is 18.2 Å². The van der Waals surface area contributed by atoms with Crippen molar-refractivity contribution in [3.05, 3.63) is 29.3 Å². The minimum Gasteiger partial charge on any atom is -0.369 e. The molecule has 94 valence electrons. The van der Waals surface area contributed by atoms with Crippen molar-refractivity contribution >= 4 is 18.3 Å². The number of piperazine rings is 1. The summed E-state index contributed by atoms with van der Waals surface area (Å²) in [6.45, 7) is 10.1. The highest BCUT2D eigenvalue weighted by atomic mass is 32.1. The quantitative estimate of drug-likeness (QED) is 0.823. The van der Waals surface area contributed by atoms with Gasteiger partial charge in [-0.15, -0.1) is 0 Å². The summed E-state index contributed by atoms with van der Waals surface area (Å²) >= 11 is 4.30. The topological polar surface area (TPSA) is 6.48 Å². The van der Waals surface area contributed by atoms with Crippen molar-refractivity contribution in [2.75, 3.05) is 43.4 Å². The van der Waals surface area contributed by atoms with Crippen LogP contribution in [0.4, 0.5) is 5.69 Å². The molecule has 2 rings (SSSR count). The summed E-state index contributed by atoms with van der Waals surface area (Å²) in [5.41, 5.74) is 4.15. The van der Waals surface area contributed by atoms with E-state index in [2.05, 4.69) is 54.5 Å². The zero-order chi connectivity index (χ0) is 12.3. The highest BCUT2D eigenvalue weighted by Crippen LogP contribution is 2.22. The first-order valence-electron chi connectivity index (χ1n) is 6.36. The van der Waals surface area contributed by atoms with Gasteiger partial charge in [0.25, 0.3) is 0 Å². The molecule has 1 saturated heterocycles. The number of thiol groups is 1. The maximum Gasteiger partial charge on any atom is 0.0396 e. The third-order valence-corrected chi connectivity index (χ3v) is 3.68. The van der Waals surface area contributed by atoms with E-state index >= 15 is 0 Å². The summed E-state index contributed by atoms with van der Waals surface area (Å²) in [7, 11) is 0. The molecule has 0 atom stereocenters. The lowest BCUT2D eigenvalue weighted by atomic mass is 10.1. The molecule has 1 aromatic carbocycles. The summed E-state index contributed by atoms with van der Waals surface area (Å²) < 4.78 is 0. The second kappa shape index (κ2) is 5.78. The summed E-state index contributed by atoms with van der Waals surface area (Å²) in [5.74, 6) is 0.962. The third-order valence-electron chi connectivity index (χ3n) is 3.48. The van der Waals surface area contributed by atoms with Crippen LogP contribution in [0, 0.1) is 13.8 Å². The van der Waals surface area contributed by atoms with Gasteiger partial charge in [0.05, 0.1) is 0 Å². The maximum atomic E-state index is 4.30. The number of hydrogen-bond donors (Lipinski definition) is 1. The van der Waals surface area contributed by atoms with E-state index in [-0.39, 0.29) is 0 Å². The van der Waals surface area contributed by atoms with Crippen LogP contribution >= 0.6 is 12.6 Å². The van der Waals surface area contributed by atoms with Gasteiger partial charge in [0.2, 0.25) is 0 Å². The van der Waals surface area contributed by atoms with Gasteiger partial charge < -0.3 is 4.90 Å². The van der Waals surface area contributed by atoms with E-state index in [1.165, 1.54) is 16.8 Å². The van der Waals surface area contributed by atoms with Gasteiger partial charge in [0.15, 0.2) is 0 Å². The van der Waals surface area contributed by atoms with Crippen LogP contribution in [0.1, 0.15) is 11.1 Å². The van der Waals surface area contributed by atoms with Crippen molar-refractivity contribution < 1.29 is 0 Å². The predicted molar refractivity (Wildman–Crippen MR) is 78.4 cm³/mol. The second-order valence-corrected chi connectivity index (χ2v) is 5.29. The molecule has 0 unspecified atom stereocenters. The Balaban J connectivity index is 2.00. The molecule has 1 heterocycles. The van der Waals surface area contributed by atoms with E-state index in [0.717, 1.165) is 38.5 Å². The molecule has 0 amide bonds. The van der Waals surface area contributed by atoms with Crippen molar-refractivity contribution in [1.29, 1.82) is 0 Å². The van der Waals surface area contributed by atoms with Gasteiger partial charge in [-0.3, -0.25) is 4.90 Å². The van der Waals surface area contributed by atoms with Gasteiger partial charge in [-0.05, 0) is 25.5 Å². The first-order valence-corrected chi connectivity index (χ1v) is 6.99. The highest BCUT2D eigenvalue weighted by molar-refractivity contribution is 7.80. The molecule has 0 saturated carbocycles. The van der Waals surface area contributed by atoms with Crippen molar-refractivity contribution in [2.24, 2.45) is 0 Å². The smallest absolute Gasteiger partial charge is 0.0396 e. The van der Waals surface area contributed by atoms with Gasteiger partial charge in [0.1, 0.15) is 0 Å². The van der Waals surface area contributed by atoms with Crippen molar-refractivity contribution in [2.45, 2.75) is 13.8 Å². The molecule has 0 radical (unpaired) electrons. The number of aryl methyl sites for hydroxylation is 2. The molecule has 0 N–H and O–H groups in total. The fourth-order valence-electron chi connectivity index (χ4n) is 2.51. The lowest BCUT2D eigenvalue weighted by Crippen LogP contribution is -2.47. The SMILES string of the molecule is Cc1ccc(N2CCN(CCS)CC2)c(C)c1. The van der Waals surface area contributed by atoms with Gasteiger partial charge in [-0.2, -0.15) is 12.6 Å². The van der Waals surface area contributed by atoms with E-state index < -0.39 is 0 Å². The molecule has 1 aromatic rings. The number of hydrogen-bond acceptors (Lipinski definition) is 3. The molecule has 1 fully saturated rings. The summed E-state index contributed by atoms with van der Waals surface area (Å²) in [6.07, 6.45) is 0. The van der Waals surface area contributed by atoms with Crippen LogP contribution in [-0.2, 0) is 0 Å². The van der Waals surface area contributed by atoms with Crippen LogP contribution < -0.4 is 4.90 Å². The molecule has 0 aliphatic carbocycles. The molecular weight excluding hydrogens is 228 g/mol. The van der Waals surface area contributed by atoms with E-state index in [9.17, 15) is 0 Å². The highest BCUT2D eigenvalue weighted by Gasteiger charge is 2.17. The Morgan fingerprint density at radius 1 is 1.12 bits per heavy atom. The molecule has 0 aromatic heterocycles. The van der Waals surface area contributed by atoms with Crippen LogP contribution in [0.3, 0.4) is 0 Å². The molecule has 2 nitrogen and oxygen atoms in total. The number of benzene rings is 1. The lowest BCUT2D eigenvalue weighted by Gasteiger charge is -2.36. The normalized spacial score (nSPS) is 17.5. The Morgan fingerprint density at radius 3 is 2.41 bits per heavy atom. The van der Waals surface area contributed by atoms with Crippen LogP contribution in [-0.4, -0.2) is 43.4 Å². The average molecular weight is 250 g/mol. The van der Waals surface area contributed by atoms with Gasteiger partial charge >= 0.3 is 0 Å². The van der Waals surface area contributed by atoms with Gasteiger partial charge in [-0.1, -0.05) is 17.7 Å². The zero-order valence-electron chi connectivity index (χ0n) is 10.8. The predicted octanol–water partition coefficient (Wildman–Crippen LogP) is 2.36. The first-order chi connectivity index (χ1) is 8.20. The van der Waals surface area contributed by atoms with Gasteiger partial charge in [0, 0.05) is 44.2 Å². The molecule has 0 bridgehead atoms. The molecule has 1 aliphatic rings. The van der Waals surface area contributed by atoms with Crippen LogP contribution in [0.25, 0.3) is 0 Å². The van der Waals surface area contributed by atoms with E-state index in [0.29, 0.717) is 0 Å². The van der Waals surface area contributed by atoms with E-state index in [4.69, 9.17) is 0 Å². The van der Waals surface area contributed by atoms with Crippen molar-refractivity contribution in [3.8, 4) is 0 Å². The second-order valence-electron chi connectivity index (χ2n) is 4.84. The Kier molecular flexibility index (Phi) is 4.35. The monoisotopic (exact) mass is 250 g/mol. The van der Waals surface area contributed by atoms with E-state index in [1.54, 1.807) is 0 Å². The van der Waals surface area contributed by atoms with Gasteiger partial charge in [-0.25, -0.2) is 0 Å². The fourth-order valence-corrected chi connectivity index (χ4v) is 2.80. The van der Waals surface area contributed by atoms with Crippen LogP contribution in [0.2, 0.25) is 0 Å². The Hall–Kier alpha value is -0.670. The molecule has 17 heavy (non-hydrogen) atoms. The van der Waals surface area contributed by atoms with Crippen molar-refractivity contribution in [3.63, 3.8) is 0 Å². The first kappa shape index (κ1) is 12.8. The Labute approximate surface area is 110 Å². The summed E-state index contributed by atoms with van der Waals surface area (Å²) in [6, 6.07) is 6.75. The molecule has 3 heteroatoms. The number of rotatable bonds is 3. The van der Waals surface area contributed by atoms with E-state index in [1.807, 2.05) is 0 Å². The minimum atomic E-state index is 0.962. The minimum absolute atomic E-state index is 0.962. The zero-order valence-corrected chi connectivity index (χ0v) is 11.7. The fraction of sp³-hybridized carbons (Fsp3) is 0.571. The average Bonchev–Trinajstić information content (AvgIpc) is 2.31. The molecular formula is C14H22N2S. The summed E-state index contributed by atoms with van der Waals surface area (Å²) in [4.78, 5) is 5.00. The molecule has 1 aliphatic heterocycles. The molecule has 0 spiro atoms. The maximum absolute atomic E-state index is 4.30.